The fourth-order valence-electron chi connectivity index (χ4n) is 7.80. The summed E-state index contributed by atoms with van der Waals surface area (Å²) >= 11 is 0. The Morgan fingerprint density at radius 3 is 0.865 bits per heavy atom. The number of hydrogen-bond acceptors (Lipinski definition) is 4. The smallest absolute Gasteiger partial charge is 0.316 e. The topological polar surface area (TPSA) is 36.9 Å². The van der Waals surface area contributed by atoms with Gasteiger partial charge in [0.25, 0.3) is 0 Å². The monoisotopic (exact) mass is 720 g/mol. The van der Waals surface area contributed by atoms with E-state index in [1.807, 2.05) is 0 Å². The van der Waals surface area contributed by atoms with E-state index in [2.05, 4.69) is 152 Å². The third kappa shape index (κ3) is 6.49. The summed E-state index contributed by atoms with van der Waals surface area (Å²) in [6.45, 7) is 20.4. The summed E-state index contributed by atoms with van der Waals surface area (Å²) in [5.74, 6) is 2.76. The predicted octanol–water partition coefficient (Wildman–Crippen LogP) is 9.12. The van der Waals surface area contributed by atoms with E-state index >= 15 is 0 Å². The molecule has 6 aromatic rings. The van der Waals surface area contributed by atoms with Gasteiger partial charge in [0.05, 0.1) is 0 Å². The number of rotatable bonds is 7. The van der Waals surface area contributed by atoms with E-state index in [0.29, 0.717) is 23.0 Å². The highest BCUT2D eigenvalue weighted by Gasteiger charge is 2.36. The molecule has 6 heteroatoms. The van der Waals surface area contributed by atoms with Gasteiger partial charge in [0.15, 0.2) is 23.0 Å². The Bertz CT molecular complexity index is 2030. The second-order valence-corrected chi connectivity index (χ2v) is 18.7. The molecule has 8 rings (SSSR count). The van der Waals surface area contributed by atoms with E-state index in [4.69, 9.17) is 18.9 Å². The van der Waals surface area contributed by atoms with Crippen LogP contribution in [0.1, 0.15) is 44.5 Å². The standard InChI is InChI=1S/C46H42O4P2/c1-27-13-28(2)18-35(17-27)51(36-19-29(3)14-30(4)20-36)41-11-9-39-45(49-25-47-39)43(41)44-42(12-10-40-46(44)50-26-48-40)52(37-21-31(5)15-32(6)22-37)38-23-33(7)16-34(8)24-38/h9-26H,1-8H3. The lowest BCUT2D eigenvalue weighted by Crippen LogP contribution is -2.27. The van der Waals surface area contributed by atoms with Gasteiger partial charge < -0.3 is 18.9 Å². The van der Waals surface area contributed by atoms with E-state index in [-0.39, 0.29) is 0 Å². The molecule has 0 N–H and O–H groups in total. The summed E-state index contributed by atoms with van der Waals surface area (Å²) in [4.78, 5) is 0. The Kier molecular flexibility index (Phi) is 9.11. The highest BCUT2D eigenvalue weighted by molar-refractivity contribution is 7.80. The van der Waals surface area contributed by atoms with Crippen LogP contribution in [0.25, 0.3) is 11.1 Å². The van der Waals surface area contributed by atoms with Crippen molar-refractivity contribution in [3.63, 3.8) is 0 Å². The van der Waals surface area contributed by atoms with Gasteiger partial charge in [0.1, 0.15) is 0 Å². The molecular formula is C46H42O4P2. The van der Waals surface area contributed by atoms with Gasteiger partial charge in [0, 0.05) is 11.1 Å². The Morgan fingerprint density at radius 2 is 0.596 bits per heavy atom. The molecular weight excluding hydrogens is 678 g/mol. The van der Waals surface area contributed by atoms with Crippen molar-refractivity contribution in [3.05, 3.63) is 155 Å². The van der Waals surface area contributed by atoms with E-state index in [9.17, 15) is 0 Å². The third-order valence-corrected chi connectivity index (χ3v) is 14.3. The molecule has 0 spiro atoms. The molecule has 2 heterocycles. The lowest BCUT2D eigenvalue weighted by atomic mass is 10.0. The number of ether oxygens (including phenoxy) is 4. The lowest BCUT2D eigenvalue weighted by molar-refractivity contribution is 0.269. The fourth-order valence-corrected chi connectivity index (χ4v) is 13.5. The van der Waals surface area contributed by atoms with Crippen molar-refractivity contribution >= 4 is 47.7 Å². The molecule has 0 amide bonds. The second kappa shape index (κ2) is 13.7. The minimum Gasteiger partial charge on any atom is -0.444 e. The summed E-state index contributed by atoms with van der Waals surface area (Å²) in [5, 5.41) is 7.47. The molecule has 0 fully saturated rings. The zero-order chi connectivity index (χ0) is 36.3. The summed E-state index contributed by atoms with van der Waals surface area (Å²) in [7, 11) is -2.16. The Balaban J connectivity index is 1.50. The molecule has 2 aliphatic heterocycles. The molecule has 0 aromatic heterocycles. The van der Waals surface area contributed by atoms with Crippen LogP contribution in [0.3, 0.4) is 0 Å². The summed E-state index contributed by atoms with van der Waals surface area (Å²) in [6.07, 6.45) is 0. The van der Waals surface area contributed by atoms with Crippen LogP contribution < -0.4 is 50.8 Å². The molecule has 0 unspecified atom stereocenters. The quantitative estimate of drug-likeness (QED) is 0.154. The largest absolute Gasteiger partial charge is 0.444 e. The zero-order valence-corrected chi connectivity index (χ0v) is 32.7. The van der Waals surface area contributed by atoms with Crippen molar-refractivity contribution in [2.24, 2.45) is 0 Å². The molecule has 52 heavy (non-hydrogen) atoms. The molecule has 260 valence electrons. The van der Waals surface area contributed by atoms with E-state index in [1.165, 1.54) is 89.9 Å². The first kappa shape index (κ1) is 34.5. The normalized spacial score (nSPS) is 13.0. The SMILES string of the molecule is Cc1cc(C)cc(P(c2cc(C)cc(C)c2)c2ccc3c(c2-c2c(P(c4cc(C)cc(C)c4)c4cc(C)cc(C)c4)ccc4c2O[CH]O4)O[CH]O3)c1. The van der Waals surface area contributed by atoms with Crippen LogP contribution in [0.5, 0.6) is 23.0 Å². The molecule has 0 bridgehead atoms. The number of fused-ring (bicyclic) bond motifs is 2. The molecule has 0 aliphatic carbocycles. The number of aryl methyl sites for hydroxylation is 8. The molecule has 0 atom stereocenters. The van der Waals surface area contributed by atoms with E-state index in [0.717, 1.165) is 11.1 Å². The van der Waals surface area contributed by atoms with Crippen LogP contribution >= 0.6 is 15.8 Å². The van der Waals surface area contributed by atoms with Crippen molar-refractivity contribution in [1.29, 1.82) is 0 Å². The molecule has 0 saturated heterocycles. The van der Waals surface area contributed by atoms with Gasteiger partial charge in [0.2, 0.25) is 0 Å². The highest BCUT2D eigenvalue weighted by Crippen LogP contribution is 2.54. The molecule has 6 aromatic carbocycles. The minimum atomic E-state index is -1.08. The van der Waals surface area contributed by atoms with Crippen molar-refractivity contribution in [2.75, 3.05) is 0 Å². The molecule has 2 radical (unpaired) electrons. The van der Waals surface area contributed by atoms with Crippen LogP contribution in [-0.4, -0.2) is 0 Å². The van der Waals surface area contributed by atoms with Crippen LogP contribution in [-0.2, 0) is 0 Å². The van der Waals surface area contributed by atoms with Crippen LogP contribution in [0.4, 0.5) is 0 Å². The van der Waals surface area contributed by atoms with Gasteiger partial charge in [-0.05, 0) is 127 Å². The fraction of sp³-hybridized carbons (Fsp3) is 0.174. The molecule has 2 aliphatic rings. The van der Waals surface area contributed by atoms with E-state index < -0.39 is 15.8 Å². The maximum absolute atomic E-state index is 6.39. The third-order valence-electron chi connectivity index (χ3n) is 9.47. The highest BCUT2D eigenvalue weighted by atomic mass is 31.1. The average Bonchev–Trinajstić information content (AvgIpc) is 3.74. The van der Waals surface area contributed by atoms with Gasteiger partial charge in [-0.25, -0.2) is 0 Å². The van der Waals surface area contributed by atoms with Crippen molar-refractivity contribution < 1.29 is 18.9 Å². The number of hydrogen-bond donors (Lipinski definition) is 0. The minimum absolute atomic E-state index is 0.683. The first-order valence-electron chi connectivity index (χ1n) is 17.6. The molecule has 4 nitrogen and oxygen atoms in total. The summed E-state index contributed by atoms with van der Waals surface area (Å²) < 4.78 is 24.8. The zero-order valence-electron chi connectivity index (χ0n) is 30.9. The average molecular weight is 721 g/mol. The van der Waals surface area contributed by atoms with Crippen LogP contribution in [0.15, 0.2) is 97.1 Å². The first-order chi connectivity index (χ1) is 25.0. The Labute approximate surface area is 310 Å². The number of benzene rings is 6. The Morgan fingerprint density at radius 1 is 0.327 bits per heavy atom. The molecule has 0 saturated carbocycles. The van der Waals surface area contributed by atoms with Gasteiger partial charge in [-0.15, -0.1) is 0 Å². The summed E-state index contributed by atoms with van der Waals surface area (Å²) in [5.41, 5.74) is 11.9. The van der Waals surface area contributed by atoms with E-state index in [1.54, 1.807) is 0 Å². The van der Waals surface area contributed by atoms with Gasteiger partial charge in [-0.2, -0.15) is 0 Å². The first-order valence-corrected chi connectivity index (χ1v) is 20.3. The van der Waals surface area contributed by atoms with Gasteiger partial charge in [-0.1, -0.05) is 117 Å². The predicted molar refractivity (Wildman–Crippen MR) is 218 cm³/mol. The van der Waals surface area contributed by atoms with Crippen LogP contribution in [0, 0.1) is 69.0 Å². The lowest BCUT2D eigenvalue weighted by Gasteiger charge is -2.28. The summed E-state index contributed by atoms with van der Waals surface area (Å²) in [6, 6.07) is 36.4. The van der Waals surface area contributed by atoms with Crippen molar-refractivity contribution in [1.82, 2.24) is 0 Å². The maximum Gasteiger partial charge on any atom is 0.316 e. The second-order valence-electron chi connectivity index (χ2n) is 14.3. The van der Waals surface area contributed by atoms with Crippen LogP contribution in [0.2, 0.25) is 0 Å². The van der Waals surface area contributed by atoms with Gasteiger partial charge in [-0.3, -0.25) is 0 Å². The van der Waals surface area contributed by atoms with Gasteiger partial charge >= 0.3 is 13.6 Å². The van der Waals surface area contributed by atoms with Crippen molar-refractivity contribution in [2.45, 2.75) is 55.4 Å². The maximum atomic E-state index is 6.39. The Hall–Kier alpha value is -4.62. The van der Waals surface area contributed by atoms with Crippen molar-refractivity contribution in [3.8, 4) is 34.1 Å².